The Morgan fingerprint density at radius 3 is 2.67 bits per heavy atom. The van der Waals surface area contributed by atoms with Crippen molar-refractivity contribution in [1.82, 2.24) is 0 Å². The van der Waals surface area contributed by atoms with Crippen LogP contribution < -0.4 is 10.6 Å². The first kappa shape index (κ1) is 12.9. The van der Waals surface area contributed by atoms with E-state index in [9.17, 15) is 4.79 Å². The number of nitrogen functional groups attached to an aromatic ring is 1. The number of carbonyl (C=O) groups excluding carboxylic acids is 1. The van der Waals surface area contributed by atoms with Crippen LogP contribution in [0.5, 0.6) is 0 Å². The Bertz CT molecular complexity index is 399. The normalized spacial score (nSPS) is 14.5. The van der Waals surface area contributed by atoms with Crippen molar-refractivity contribution in [3.63, 3.8) is 0 Å². The molecule has 4 heteroatoms. The number of rotatable bonds is 6. The maximum atomic E-state index is 11.9. The summed E-state index contributed by atoms with van der Waals surface area (Å²) in [5, 5.41) is 0. The fraction of sp³-hybridized carbons (Fsp3) is 0.500. The lowest BCUT2D eigenvalue weighted by molar-refractivity contribution is -0.122. The molecule has 2 N–H and O–H groups in total. The van der Waals surface area contributed by atoms with E-state index in [2.05, 4.69) is 0 Å². The molecule has 0 atom stereocenters. The number of benzene rings is 1. The topological polar surface area (TPSA) is 55.6 Å². The second-order valence-electron chi connectivity index (χ2n) is 4.83. The smallest absolute Gasteiger partial charge is 0.252 e. The third-order valence-corrected chi connectivity index (χ3v) is 3.25. The van der Waals surface area contributed by atoms with Crippen LogP contribution in [-0.2, 0) is 9.53 Å². The van der Waals surface area contributed by atoms with Gasteiger partial charge in [-0.25, -0.2) is 0 Å². The van der Waals surface area contributed by atoms with Gasteiger partial charge in [0.2, 0.25) is 0 Å². The highest BCUT2D eigenvalue weighted by atomic mass is 16.5. The summed E-state index contributed by atoms with van der Waals surface area (Å²) in [6.45, 7) is 0.833. The number of carbonyl (C=O) groups is 1. The van der Waals surface area contributed by atoms with E-state index in [-0.39, 0.29) is 12.5 Å². The molecule has 1 amide bonds. The highest BCUT2D eigenvalue weighted by Crippen LogP contribution is 2.32. The number of hydrogen-bond donors (Lipinski definition) is 1. The second-order valence-corrected chi connectivity index (χ2v) is 4.83. The van der Waals surface area contributed by atoms with Crippen LogP contribution in [0.2, 0.25) is 0 Å². The van der Waals surface area contributed by atoms with Gasteiger partial charge in [0.25, 0.3) is 5.91 Å². The molecular formula is C14H20N2O2. The Kier molecular flexibility index (Phi) is 4.20. The van der Waals surface area contributed by atoms with Gasteiger partial charge in [-0.2, -0.15) is 0 Å². The van der Waals surface area contributed by atoms with Crippen molar-refractivity contribution >= 4 is 17.3 Å². The zero-order valence-corrected chi connectivity index (χ0v) is 10.8. The molecule has 0 saturated heterocycles. The summed E-state index contributed by atoms with van der Waals surface area (Å²) in [5.41, 5.74) is 7.14. The molecular weight excluding hydrogens is 228 g/mol. The van der Waals surface area contributed by atoms with Crippen molar-refractivity contribution < 1.29 is 9.53 Å². The van der Waals surface area contributed by atoms with E-state index in [4.69, 9.17) is 10.5 Å². The van der Waals surface area contributed by atoms with Crippen molar-refractivity contribution in [3.05, 3.63) is 24.3 Å². The summed E-state index contributed by atoms with van der Waals surface area (Å²) < 4.78 is 5.40. The lowest BCUT2D eigenvalue weighted by Crippen LogP contribution is -2.30. The first-order valence-corrected chi connectivity index (χ1v) is 6.36. The lowest BCUT2D eigenvalue weighted by Gasteiger charge is -2.17. The highest BCUT2D eigenvalue weighted by molar-refractivity contribution is 5.93. The minimum atomic E-state index is -0.0319. The van der Waals surface area contributed by atoms with E-state index in [0.717, 1.165) is 18.0 Å². The largest absolute Gasteiger partial charge is 0.399 e. The molecule has 1 saturated carbocycles. The molecule has 1 aromatic carbocycles. The third-order valence-electron chi connectivity index (χ3n) is 3.25. The Balaban J connectivity index is 1.74. The van der Waals surface area contributed by atoms with Gasteiger partial charge in [0, 0.05) is 25.0 Å². The number of amides is 1. The van der Waals surface area contributed by atoms with E-state index in [1.54, 1.807) is 24.1 Å². The predicted molar refractivity (Wildman–Crippen MR) is 72.4 cm³/mol. The number of nitrogens with zero attached hydrogens (tertiary/aromatic N) is 1. The number of ether oxygens (including phenoxy) is 1. The molecule has 2 rings (SSSR count). The van der Waals surface area contributed by atoms with E-state index in [0.29, 0.717) is 12.3 Å². The maximum Gasteiger partial charge on any atom is 0.252 e. The number of nitrogens with two attached hydrogens (primary N) is 1. The van der Waals surface area contributed by atoms with Crippen LogP contribution in [-0.4, -0.2) is 26.2 Å². The third kappa shape index (κ3) is 3.74. The molecule has 1 aliphatic carbocycles. The maximum absolute atomic E-state index is 11.9. The molecule has 1 aliphatic rings. The molecule has 98 valence electrons. The molecule has 0 aliphatic heterocycles. The van der Waals surface area contributed by atoms with Gasteiger partial charge in [-0.3, -0.25) is 4.79 Å². The molecule has 0 heterocycles. The van der Waals surface area contributed by atoms with Crippen LogP contribution in [0.1, 0.15) is 19.3 Å². The summed E-state index contributed by atoms with van der Waals surface area (Å²) in [6, 6.07) is 7.23. The number of hydrogen-bond acceptors (Lipinski definition) is 3. The Labute approximate surface area is 108 Å². The van der Waals surface area contributed by atoms with Crippen LogP contribution in [0.15, 0.2) is 24.3 Å². The number of likely N-dealkylation sites (N-methyl/N-ethyl adjacent to an activating group) is 1. The van der Waals surface area contributed by atoms with Gasteiger partial charge >= 0.3 is 0 Å². The van der Waals surface area contributed by atoms with Crippen LogP contribution in [0.25, 0.3) is 0 Å². The van der Waals surface area contributed by atoms with Crippen molar-refractivity contribution in [2.24, 2.45) is 5.92 Å². The minimum Gasteiger partial charge on any atom is -0.399 e. The number of anilines is 2. The first-order valence-electron chi connectivity index (χ1n) is 6.36. The zero-order chi connectivity index (χ0) is 13.0. The monoisotopic (exact) mass is 248 g/mol. The second kappa shape index (κ2) is 5.87. The lowest BCUT2D eigenvalue weighted by atomic mass is 10.2. The SMILES string of the molecule is CN(C(=O)COCCC1CC1)c1ccc(N)cc1. The Morgan fingerprint density at radius 2 is 2.06 bits per heavy atom. The van der Waals surface area contributed by atoms with Crippen LogP contribution in [0.4, 0.5) is 11.4 Å². The van der Waals surface area contributed by atoms with E-state index in [1.807, 2.05) is 12.1 Å². The minimum absolute atomic E-state index is 0.0319. The van der Waals surface area contributed by atoms with Gasteiger partial charge < -0.3 is 15.4 Å². The summed E-state index contributed by atoms with van der Waals surface area (Å²) in [5.74, 6) is 0.811. The van der Waals surface area contributed by atoms with Gasteiger partial charge in [0.05, 0.1) is 0 Å². The standard InChI is InChI=1S/C14H20N2O2/c1-16(13-6-4-12(15)5-7-13)14(17)10-18-9-8-11-2-3-11/h4-7,11H,2-3,8-10,15H2,1H3. The highest BCUT2D eigenvalue weighted by Gasteiger charge is 2.20. The van der Waals surface area contributed by atoms with Crippen molar-refractivity contribution in [1.29, 1.82) is 0 Å². The summed E-state index contributed by atoms with van der Waals surface area (Å²) in [4.78, 5) is 13.5. The zero-order valence-electron chi connectivity index (χ0n) is 10.8. The average molecular weight is 248 g/mol. The molecule has 0 bridgehead atoms. The molecule has 1 fully saturated rings. The quantitative estimate of drug-likeness (QED) is 0.619. The molecule has 4 nitrogen and oxygen atoms in total. The van der Waals surface area contributed by atoms with Gasteiger partial charge in [-0.15, -0.1) is 0 Å². The van der Waals surface area contributed by atoms with Crippen molar-refractivity contribution in [2.45, 2.75) is 19.3 Å². The van der Waals surface area contributed by atoms with Crippen molar-refractivity contribution in [3.8, 4) is 0 Å². The molecule has 0 radical (unpaired) electrons. The molecule has 18 heavy (non-hydrogen) atoms. The Hall–Kier alpha value is -1.55. The molecule has 0 aromatic heterocycles. The molecule has 1 aromatic rings. The van der Waals surface area contributed by atoms with Crippen LogP contribution in [0.3, 0.4) is 0 Å². The predicted octanol–water partition coefficient (Wildman–Crippen LogP) is 2.05. The van der Waals surface area contributed by atoms with Crippen LogP contribution >= 0.6 is 0 Å². The van der Waals surface area contributed by atoms with Crippen LogP contribution in [0, 0.1) is 5.92 Å². The van der Waals surface area contributed by atoms with E-state index in [1.165, 1.54) is 12.8 Å². The van der Waals surface area contributed by atoms with Gasteiger partial charge in [-0.1, -0.05) is 12.8 Å². The summed E-state index contributed by atoms with van der Waals surface area (Å²) >= 11 is 0. The van der Waals surface area contributed by atoms with Crippen molar-refractivity contribution in [2.75, 3.05) is 30.9 Å². The average Bonchev–Trinajstić information content (AvgIpc) is 3.18. The van der Waals surface area contributed by atoms with Gasteiger partial charge in [0.15, 0.2) is 0 Å². The fourth-order valence-corrected chi connectivity index (χ4v) is 1.75. The van der Waals surface area contributed by atoms with Gasteiger partial charge in [0.1, 0.15) is 6.61 Å². The van der Waals surface area contributed by atoms with E-state index < -0.39 is 0 Å². The Morgan fingerprint density at radius 1 is 1.39 bits per heavy atom. The fourth-order valence-electron chi connectivity index (χ4n) is 1.75. The first-order chi connectivity index (χ1) is 8.66. The summed E-state index contributed by atoms with van der Waals surface area (Å²) in [6.07, 6.45) is 3.73. The molecule has 0 spiro atoms. The van der Waals surface area contributed by atoms with E-state index >= 15 is 0 Å². The summed E-state index contributed by atoms with van der Waals surface area (Å²) in [7, 11) is 1.75. The van der Waals surface area contributed by atoms with Gasteiger partial charge in [-0.05, 0) is 36.6 Å². The molecule has 0 unspecified atom stereocenters.